The maximum Gasteiger partial charge on any atom is 0.0845 e. The Balaban J connectivity index is 2.05. The van der Waals surface area contributed by atoms with E-state index in [-0.39, 0.29) is 0 Å². The van der Waals surface area contributed by atoms with E-state index in [1.54, 1.807) is 0 Å². The van der Waals surface area contributed by atoms with Crippen molar-refractivity contribution in [2.45, 2.75) is 39.7 Å². The normalized spacial score (nSPS) is 12.9. The van der Waals surface area contributed by atoms with Crippen LogP contribution in [-0.2, 0) is 19.9 Å². The molecule has 0 aliphatic carbocycles. The quantitative estimate of drug-likeness (QED) is 0.907. The number of nitrogens with zero attached hydrogens (tertiary/aromatic N) is 2. The molecule has 0 saturated carbocycles. The first-order valence-corrected chi connectivity index (χ1v) is 7.22. The van der Waals surface area contributed by atoms with Crippen molar-refractivity contribution in [1.82, 2.24) is 9.78 Å². The predicted molar refractivity (Wildman–Crippen MR) is 81.6 cm³/mol. The van der Waals surface area contributed by atoms with E-state index in [9.17, 15) is 5.11 Å². The minimum atomic E-state index is -0.474. The van der Waals surface area contributed by atoms with Crippen molar-refractivity contribution in [3.05, 3.63) is 52.8 Å². The Bertz CT molecular complexity index is 555. The minimum absolute atomic E-state index is 0.474. The van der Waals surface area contributed by atoms with E-state index in [0.717, 1.165) is 23.4 Å². The zero-order chi connectivity index (χ0) is 14.7. The minimum Gasteiger partial charge on any atom is -0.388 e. The molecular formula is C17H24N2O. The first-order chi connectivity index (χ1) is 9.45. The highest BCUT2D eigenvalue weighted by Gasteiger charge is 2.12. The van der Waals surface area contributed by atoms with E-state index in [1.165, 1.54) is 5.56 Å². The number of aliphatic hydroxyl groups is 1. The molecule has 108 valence electrons. The second-order valence-electron chi connectivity index (χ2n) is 5.96. The summed E-state index contributed by atoms with van der Waals surface area (Å²) in [6.45, 7) is 6.40. The summed E-state index contributed by atoms with van der Waals surface area (Å²) in [5.74, 6) is 0.656. The molecule has 0 fully saturated rings. The second kappa shape index (κ2) is 6.23. The van der Waals surface area contributed by atoms with Crippen molar-refractivity contribution in [3.63, 3.8) is 0 Å². The molecule has 0 bridgehead atoms. The van der Waals surface area contributed by atoms with Crippen molar-refractivity contribution in [3.8, 4) is 0 Å². The summed E-state index contributed by atoms with van der Waals surface area (Å²) in [6, 6.07) is 10.3. The Kier molecular flexibility index (Phi) is 4.61. The molecule has 0 radical (unpaired) electrons. The summed E-state index contributed by atoms with van der Waals surface area (Å²) >= 11 is 0. The van der Waals surface area contributed by atoms with Crippen LogP contribution in [0.1, 0.15) is 42.5 Å². The highest BCUT2D eigenvalue weighted by Crippen LogP contribution is 2.20. The Morgan fingerprint density at radius 1 is 1.15 bits per heavy atom. The average Bonchev–Trinajstić information content (AvgIpc) is 2.68. The Morgan fingerprint density at radius 3 is 2.30 bits per heavy atom. The van der Waals surface area contributed by atoms with Crippen LogP contribution < -0.4 is 0 Å². The molecule has 1 unspecified atom stereocenters. The molecular weight excluding hydrogens is 248 g/mol. The van der Waals surface area contributed by atoms with Gasteiger partial charge in [-0.2, -0.15) is 5.10 Å². The summed E-state index contributed by atoms with van der Waals surface area (Å²) in [4.78, 5) is 0. The standard InChI is InChI=1S/C17H24N2O/c1-12(2)9-14-5-7-15(8-6-14)17(20)11-16-10-13(3)18-19(16)4/h5-8,10,12,17,20H,9,11H2,1-4H3. The summed E-state index contributed by atoms with van der Waals surface area (Å²) in [5, 5.41) is 14.6. The van der Waals surface area contributed by atoms with Gasteiger partial charge in [-0.1, -0.05) is 38.1 Å². The molecule has 0 spiro atoms. The smallest absolute Gasteiger partial charge is 0.0845 e. The van der Waals surface area contributed by atoms with Crippen molar-refractivity contribution >= 4 is 0 Å². The molecule has 3 heteroatoms. The Hall–Kier alpha value is -1.61. The number of hydrogen-bond donors (Lipinski definition) is 1. The van der Waals surface area contributed by atoms with E-state index >= 15 is 0 Å². The third-order valence-electron chi connectivity index (χ3n) is 3.51. The molecule has 0 aliphatic rings. The van der Waals surface area contributed by atoms with Crippen LogP contribution in [0.5, 0.6) is 0 Å². The van der Waals surface area contributed by atoms with Gasteiger partial charge in [0.2, 0.25) is 0 Å². The number of aryl methyl sites for hydroxylation is 2. The fraction of sp³-hybridized carbons (Fsp3) is 0.471. The van der Waals surface area contributed by atoms with Crippen LogP contribution >= 0.6 is 0 Å². The van der Waals surface area contributed by atoms with E-state index < -0.39 is 6.10 Å². The molecule has 2 rings (SSSR count). The molecule has 1 aromatic heterocycles. The average molecular weight is 272 g/mol. The number of rotatable bonds is 5. The number of aromatic nitrogens is 2. The summed E-state index contributed by atoms with van der Waals surface area (Å²) in [7, 11) is 1.92. The zero-order valence-corrected chi connectivity index (χ0v) is 12.8. The van der Waals surface area contributed by atoms with Crippen LogP contribution in [0.15, 0.2) is 30.3 Å². The van der Waals surface area contributed by atoms with Crippen LogP contribution in [0, 0.1) is 12.8 Å². The highest BCUT2D eigenvalue weighted by atomic mass is 16.3. The van der Waals surface area contributed by atoms with Crippen LogP contribution in [0.25, 0.3) is 0 Å². The van der Waals surface area contributed by atoms with Gasteiger partial charge in [0.25, 0.3) is 0 Å². The first-order valence-electron chi connectivity index (χ1n) is 7.22. The molecule has 20 heavy (non-hydrogen) atoms. The highest BCUT2D eigenvalue weighted by molar-refractivity contribution is 5.25. The van der Waals surface area contributed by atoms with E-state index in [0.29, 0.717) is 12.3 Å². The molecule has 1 aromatic carbocycles. The van der Waals surface area contributed by atoms with Crippen LogP contribution in [0.4, 0.5) is 0 Å². The lowest BCUT2D eigenvalue weighted by molar-refractivity contribution is 0.176. The zero-order valence-electron chi connectivity index (χ0n) is 12.8. The van der Waals surface area contributed by atoms with Gasteiger partial charge in [0.15, 0.2) is 0 Å². The molecule has 1 atom stereocenters. The number of hydrogen-bond acceptors (Lipinski definition) is 2. The first kappa shape index (κ1) is 14.8. The van der Waals surface area contributed by atoms with Crippen molar-refractivity contribution < 1.29 is 5.11 Å². The molecule has 1 N–H and O–H groups in total. The summed E-state index contributed by atoms with van der Waals surface area (Å²) in [6.07, 6.45) is 1.20. The van der Waals surface area contributed by atoms with Crippen molar-refractivity contribution in [1.29, 1.82) is 0 Å². The monoisotopic (exact) mass is 272 g/mol. The van der Waals surface area contributed by atoms with Crippen LogP contribution in [-0.4, -0.2) is 14.9 Å². The largest absolute Gasteiger partial charge is 0.388 e. The van der Waals surface area contributed by atoms with E-state index in [1.807, 2.05) is 36.9 Å². The lowest BCUT2D eigenvalue weighted by Gasteiger charge is -2.12. The SMILES string of the molecule is Cc1cc(CC(O)c2ccc(CC(C)C)cc2)n(C)n1. The topological polar surface area (TPSA) is 38.0 Å². The molecule has 1 heterocycles. The third kappa shape index (κ3) is 3.70. The van der Waals surface area contributed by atoms with Crippen LogP contribution in [0.2, 0.25) is 0 Å². The van der Waals surface area contributed by atoms with E-state index in [2.05, 4.69) is 31.1 Å². The van der Waals surface area contributed by atoms with Gasteiger partial charge in [0, 0.05) is 19.2 Å². The fourth-order valence-corrected chi connectivity index (χ4v) is 2.52. The molecule has 0 amide bonds. The van der Waals surface area contributed by atoms with Gasteiger partial charge >= 0.3 is 0 Å². The number of aliphatic hydroxyl groups excluding tert-OH is 1. The fourth-order valence-electron chi connectivity index (χ4n) is 2.52. The Morgan fingerprint density at radius 2 is 1.80 bits per heavy atom. The Labute approximate surface area is 121 Å². The summed E-state index contributed by atoms with van der Waals surface area (Å²) < 4.78 is 1.84. The maximum atomic E-state index is 10.3. The van der Waals surface area contributed by atoms with Gasteiger partial charge in [-0.3, -0.25) is 4.68 Å². The van der Waals surface area contributed by atoms with Gasteiger partial charge in [-0.05, 0) is 36.5 Å². The number of benzene rings is 1. The predicted octanol–water partition coefficient (Wildman–Crippen LogP) is 3.20. The van der Waals surface area contributed by atoms with Gasteiger partial charge in [0.1, 0.15) is 0 Å². The molecule has 3 nitrogen and oxygen atoms in total. The van der Waals surface area contributed by atoms with Gasteiger partial charge in [-0.25, -0.2) is 0 Å². The van der Waals surface area contributed by atoms with Gasteiger partial charge in [0.05, 0.1) is 11.8 Å². The second-order valence-corrected chi connectivity index (χ2v) is 5.96. The van der Waals surface area contributed by atoms with Crippen molar-refractivity contribution in [2.24, 2.45) is 13.0 Å². The van der Waals surface area contributed by atoms with Crippen LogP contribution in [0.3, 0.4) is 0 Å². The van der Waals surface area contributed by atoms with E-state index in [4.69, 9.17) is 0 Å². The molecule has 0 saturated heterocycles. The lowest BCUT2D eigenvalue weighted by atomic mass is 9.99. The maximum absolute atomic E-state index is 10.3. The van der Waals surface area contributed by atoms with Gasteiger partial charge in [-0.15, -0.1) is 0 Å². The summed E-state index contributed by atoms with van der Waals surface area (Å²) in [5.41, 5.74) is 4.34. The van der Waals surface area contributed by atoms with Crippen molar-refractivity contribution in [2.75, 3.05) is 0 Å². The molecule has 2 aromatic rings. The molecule has 0 aliphatic heterocycles. The lowest BCUT2D eigenvalue weighted by Crippen LogP contribution is -2.06. The van der Waals surface area contributed by atoms with Gasteiger partial charge < -0.3 is 5.11 Å². The third-order valence-corrected chi connectivity index (χ3v) is 3.51.